The average Bonchev–Trinajstić information content (AvgIpc) is 2.86. The number of rotatable bonds is 4. The van der Waals surface area contributed by atoms with Gasteiger partial charge in [-0.15, -0.1) is 11.8 Å². The topological polar surface area (TPSA) is 57.8 Å². The first kappa shape index (κ1) is 15.6. The first-order valence-corrected chi connectivity index (χ1v) is 7.57. The summed E-state index contributed by atoms with van der Waals surface area (Å²) < 4.78 is 12.8. The second-order valence-corrected chi connectivity index (χ2v) is 6.76. The molecule has 21 heavy (non-hydrogen) atoms. The first-order chi connectivity index (χ1) is 9.84. The molecule has 1 aromatic heterocycles. The standard InChI is InChI=1S/C15H18FN3OS/c1-15(2,3)12-8-13(19-18-12)17-14(20)9-21-11-6-4-10(16)5-7-11/h4-8H,9H2,1-3H3,(H2,17,18,19,20). The molecule has 1 aromatic carbocycles. The smallest absolute Gasteiger partial charge is 0.235 e. The zero-order valence-electron chi connectivity index (χ0n) is 12.2. The van der Waals surface area contributed by atoms with E-state index in [4.69, 9.17) is 0 Å². The number of carbonyl (C=O) groups excluding carboxylic acids is 1. The molecule has 0 fully saturated rings. The van der Waals surface area contributed by atoms with Gasteiger partial charge in [0, 0.05) is 22.1 Å². The molecule has 6 heteroatoms. The van der Waals surface area contributed by atoms with Crippen molar-refractivity contribution in [1.29, 1.82) is 0 Å². The molecule has 4 nitrogen and oxygen atoms in total. The predicted octanol–water partition coefficient (Wildman–Crippen LogP) is 3.58. The summed E-state index contributed by atoms with van der Waals surface area (Å²) in [5.74, 6) is 0.347. The van der Waals surface area contributed by atoms with Gasteiger partial charge in [0.15, 0.2) is 5.82 Å². The monoisotopic (exact) mass is 307 g/mol. The highest BCUT2D eigenvalue weighted by atomic mass is 32.2. The van der Waals surface area contributed by atoms with Gasteiger partial charge in [0.1, 0.15) is 5.82 Å². The van der Waals surface area contributed by atoms with E-state index in [1.807, 2.05) is 6.07 Å². The van der Waals surface area contributed by atoms with Crippen molar-refractivity contribution in [2.75, 3.05) is 11.1 Å². The Morgan fingerprint density at radius 3 is 2.57 bits per heavy atom. The number of aromatic nitrogens is 2. The van der Waals surface area contributed by atoms with E-state index in [0.29, 0.717) is 5.82 Å². The Hall–Kier alpha value is -1.82. The van der Waals surface area contributed by atoms with E-state index in [2.05, 4.69) is 36.3 Å². The molecule has 2 aromatic rings. The van der Waals surface area contributed by atoms with Crippen molar-refractivity contribution in [3.8, 4) is 0 Å². The van der Waals surface area contributed by atoms with Gasteiger partial charge in [-0.2, -0.15) is 5.10 Å². The molecule has 0 aliphatic rings. The molecule has 1 amide bonds. The lowest BCUT2D eigenvalue weighted by Crippen LogP contribution is -2.14. The van der Waals surface area contributed by atoms with E-state index >= 15 is 0 Å². The normalized spacial score (nSPS) is 11.4. The molecule has 2 N–H and O–H groups in total. The number of hydrogen-bond donors (Lipinski definition) is 2. The summed E-state index contributed by atoms with van der Waals surface area (Å²) in [4.78, 5) is 12.7. The maximum absolute atomic E-state index is 12.8. The lowest BCUT2D eigenvalue weighted by molar-refractivity contribution is -0.113. The lowest BCUT2D eigenvalue weighted by atomic mass is 9.92. The highest BCUT2D eigenvalue weighted by Crippen LogP contribution is 2.22. The Balaban J connectivity index is 1.87. The van der Waals surface area contributed by atoms with Gasteiger partial charge in [0.2, 0.25) is 5.91 Å². The highest BCUT2D eigenvalue weighted by molar-refractivity contribution is 8.00. The zero-order chi connectivity index (χ0) is 15.5. The molecule has 0 spiro atoms. The van der Waals surface area contributed by atoms with Crippen LogP contribution >= 0.6 is 11.8 Å². The predicted molar refractivity (Wildman–Crippen MR) is 83.0 cm³/mol. The molecule has 0 saturated carbocycles. The van der Waals surface area contributed by atoms with E-state index in [1.54, 1.807) is 12.1 Å². The molecule has 0 unspecified atom stereocenters. The Kier molecular flexibility index (Phi) is 4.67. The molecule has 0 aliphatic carbocycles. The summed E-state index contributed by atoms with van der Waals surface area (Å²) in [6, 6.07) is 7.90. The zero-order valence-corrected chi connectivity index (χ0v) is 13.1. The highest BCUT2D eigenvalue weighted by Gasteiger charge is 2.17. The second kappa shape index (κ2) is 6.30. The van der Waals surface area contributed by atoms with E-state index in [-0.39, 0.29) is 22.9 Å². The Morgan fingerprint density at radius 2 is 2.00 bits per heavy atom. The van der Waals surface area contributed by atoms with Crippen LogP contribution in [0.25, 0.3) is 0 Å². The fourth-order valence-corrected chi connectivity index (χ4v) is 2.33. The molecular formula is C15H18FN3OS. The molecule has 0 saturated heterocycles. The number of nitrogens with one attached hydrogen (secondary N) is 2. The van der Waals surface area contributed by atoms with Crippen LogP contribution in [0.1, 0.15) is 26.5 Å². The molecule has 0 radical (unpaired) electrons. The molecular weight excluding hydrogens is 289 g/mol. The van der Waals surface area contributed by atoms with E-state index in [0.717, 1.165) is 10.6 Å². The number of benzene rings is 1. The van der Waals surface area contributed by atoms with Crippen LogP contribution in [0.15, 0.2) is 35.2 Å². The van der Waals surface area contributed by atoms with E-state index in [9.17, 15) is 9.18 Å². The number of hydrogen-bond acceptors (Lipinski definition) is 3. The number of anilines is 1. The van der Waals surface area contributed by atoms with Crippen molar-refractivity contribution in [1.82, 2.24) is 10.2 Å². The summed E-state index contributed by atoms with van der Waals surface area (Å²) in [5, 5.41) is 9.73. The summed E-state index contributed by atoms with van der Waals surface area (Å²) in [7, 11) is 0. The van der Waals surface area contributed by atoms with E-state index in [1.165, 1.54) is 23.9 Å². The van der Waals surface area contributed by atoms with Crippen LogP contribution in [0, 0.1) is 5.82 Å². The number of H-pyrrole nitrogens is 1. The second-order valence-electron chi connectivity index (χ2n) is 5.71. The minimum atomic E-state index is -0.282. The first-order valence-electron chi connectivity index (χ1n) is 6.59. The average molecular weight is 307 g/mol. The van der Waals surface area contributed by atoms with Crippen LogP contribution in [0.5, 0.6) is 0 Å². The molecule has 112 valence electrons. The van der Waals surface area contributed by atoms with Gasteiger partial charge in [0.25, 0.3) is 0 Å². The number of amides is 1. The van der Waals surface area contributed by atoms with Crippen molar-refractivity contribution in [3.05, 3.63) is 41.8 Å². The SMILES string of the molecule is CC(C)(C)c1cc(NC(=O)CSc2ccc(F)cc2)n[nH]1. The van der Waals surface area contributed by atoms with Crippen molar-refractivity contribution in [2.24, 2.45) is 0 Å². The van der Waals surface area contributed by atoms with Crippen LogP contribution < -0.4 is 5.32 Å². The number of aromatic amines is 1. The molecule has 0 aliphatic heterocycles. The Labute approximate surface area is 127 Å². The Morgan fingerprint density at radius 1 is 1.33 bits per heavy atom. The third kappa shape index (κ3) is 4.60. The third-order valence-corrected chi connectivity index (χ3v) is 3.85. The molecule has 1 heterocycles. The minimum absolute atomic E-state index is 0.0428. The van der Waals surface area contributed by atoms with Crippen molar-refractivity contribution in [3.63, 3.8) is 0 Å². The summed E-state index contributed by atoms with van der Waals surface area (Å²) in [5.41, 5.74) is 0.919. The summed E-state index contributed by atoms with van der Waals surface area (Å²) in [6.45, 7) is 6.20. The number of carbonyl (C=O) groups is 1. The fourth-order valence-electron chi connectivity index (χ4n) is 1.63. The van der Waals surface area contributed by atoms with Crippen LogP contribution in [0.4, 0.5) is 10.2 Å². The van der Waals surface area contributed by atoms with Gasteiger partial charge in [-0.3, -0.25) is 9.89 Å². The van der Waals surface area contributed by atoms with Gasteiger partial charge in [0.05, 0.1) is 5.75 Å². The van der Waals surface area contributed by atoms with Crippen molar-refractivity contribution in [2.45, 2.75) is 31.1 Å². The van der Waals surface area contributed by atoms with Crippen LogP contribution in [0.2, 0.25) is 0 Å². The summed E-state index contributed by atoms with van der Waals surface area (Å²) >= 11 is 1.35. The molecule has 0 atom stereocenters. The number of halogens is 1. The lowest BCUT2D eigenvalue weighted by Gasteiger charge is -2.14. The van der Waals surface area contributed by atoms with Gasteiger partial charge in [-0.25, -0.2) is 4.39 Å². The van der Waals surface area contributed by atoms with Gasteiger partial charge in [-0.05, 0) is 24.3 Å². The third-order valence-electron chi connectivity index (χ3n) is 2.84. The Bertz CT molecular complexity index is 617. The molecule has 2 rings (SSSR count). The van der Waals surface area contributed by atoms with E-state index < -0.39 is 0 Å². The van der Waals surface area contributed by atoms with Crippen LogP contribution in [-0.4, -0.2) is 21.9 Å². The maximum atomic E-state index is 12.8. The van der Waals surface area contributed by atoms with Crippen LogP contribution in [-0.2, 0) is 10.2 Å². The van der Waals surface area contributed by atoms with Gasteiger partial charge >= 0.3 is 0 Å². The minimum Gasteiger partial charge on any atom is -0.308 e. The summed E-state index contributed by atoms with van der Waals surface area (Å²) in [6.07, 6.45) is 0. The van der Waals surface area contributed by atoms with Crippen LogP contribution in [0.3, 0.4) is 0 Å². The van der Waals surface area contributed by atoms with Crippen molar-refractivity contribution >= 4 is 23.5 Å². The number of thioether (sulfide) groups is 1. The number of nitrogens with zero attached hydrogens (tertiary/aromatic N) is 1. The maximum Gasteiger partial charge on any atom is 0.235 e. The quantitative estimate of drug-likeness (QED) is 0.849. The van der Waals surface area contributed by atoms with Gasteiger partial charge in [-0.1, -0.05) is 20.8 Å². The van der Waals surface area contributed by atoms with Crippen molar-refractivity contribution < 1.29 is 9.18 Å². The van der Waals surface area contributed by atoms with Gasteiger partial charge < -0.3 is 5.32 Å². The fraction of sp³-hybridized carbons (Fsp3) is 0.333. The molecule has 0 bridgehead atoms. The largest absolute Gasteiger partial charge is 0.308 e.